The van der Waals surface area contributed by atoms with Crippen molar-refractivity contribution in [1.82, 2.24) is 34.1 Å². The molecule has 0 aliphatic carbocycles. The molecule has 4 heterocycles. The maximum atomic E-state index is 8.36. The van der Waals surface area contributed by atoms with Gasteiger partial charge in [-0.3, -0.25) is 4.57 Å². The van der Waals surface area contributed by atoms with E-state index in [9.17, 15) is 0 Å². The molecule has 0 amide bonds. The Morgan fingerprint density at radius 3 is 1.12 bits per heavy atom. The molecule has 0 aliphatic rings. The van der Waals surface area contributed by atoms with Gasteiger partial charge >= 0.3 is 34.2 Å². The smallest absolute Gasteiger partial charge is 0.235 e. The van der Waals surface area contributed by atoms with Crippen LogP contribution in [0.1, 0.15) is 0 Å². The molecule has 0 unspecified atom stereocenters. The second-order valence-electron chi connectivity index (χ2n) is 16.3. The molecular weight excluding hydrogens is 892 g/mol. The molecule has 11 nitrogen and oxygen atoms in total. The molecule has 4 aromatic heterocycles. The molecule has 0 aliphatic heterocycles. The van der Waals surface area contributed by atoms with Crippen LogP contribution in [0, 0.1) is 0 Å². The number of rotatable bonds is 6. The number of fused-ring (bicyclic) bond motifs is 7. The van der Waals surface area contributed by atoms with Crippen LogP contribution in [-0.4, -0.2) is 58.8 Å². The van der Waals surface area contributed by atoms with E-state index in [0.29, 0.717) is 23.4 Å². The van der Waals surface area contributed by atoms with Crippen LogP contribution < -0.4 is 0 Å². The monoisotopic (exact) mass is 933 g/mol. The van der Waals surface area contributed by atoms with Crippen LogP contribution in [0.2, 0.25) is 0 Å². The van der Waals surface area contributed by atoms with Gasteiger partial charge in [-0.25, -0.2) is 24.9 Å². The topological polar surface area (TPSA) is 149 Å². The molecule has 72 heavy (non-hydrogen) atoms. The van der Waals surface area contributed by atoms with E-state index >= 15 is 0 Å². The minimum atomic E-state index is -0.250. The van der Waals surface area contributed by atoms with Crippen LogP contribution in [0.4, 0.5) is 0 Å². The average molecular weight is 934 g/mol. The van der Waals surface area contributed by atoms with Gasteiger partial charge in [-0.05, 0) is 42.5 Å². The van der Waals surface area contributed by atoms with Gasteiger partial charge in [0.2, 0.25) is 5.95 Å². The van der Waals surface area contributed by atoms with Gasteiger partial charge in [0.15, 0.2) is 17.5 Å². The maximum Gasteiger partial charge on any atom is 0.235 e. The normalized spacial score (nSPS) is 10.6. The van der Waals surface area contributed by atoms with Gasteiger partial charge in [-0.15, -0.1) is 0 Å². The number of hydrogen-bond acceptors (Lipinski definition) is 7. The quantitative estimate of drug-likeness (QED) is 0.155. The Labute approximate surface area is 414 Å². The van der Waals surface area contributed by atoms with E-state index in [0.717, 1.165) is 55.6 Å². The number of hydrogen-bond donors (Lipinski definition) is 2. The standard InChI is InChI=1S/C33H22N4.C26H17N3.2BHO2/c1-3-12-23(13-4-1)31-34-32(24-14-5-2-6-15-24)36-33(35-31)25-16-11-17-26(22-25)37-29-20-9-7-18-27(29)28-19-8-10-21-30(28)37;1-2-10-18(11-3-1)25-21-14-4-7-15-22(21)27-26(28-25)29-23-16-8-5-12-19(23)20-13-6-9-17-24(20)29;2*2-1-3/h1-22H;1-17H;2*2H. The summed E-state index contributed by atoms with van der Waals surface area (Å²) in [6.07, 6.45) is 0. The molecule has 0 saturated heterocycles. The summed E-state index contributed by atoms with van der Waals surface area (Å²) in [7, 11) is -0.500. The van der Waals surface area contributed by atoms with Crippen LogP contribution in [0.5, 0.6) is 0 Å². The van der Waals surface area contributed by atoms with Gasteiger partial charge < -0.3 is 4.57 Å². The van der Waals surface area contributed by atoms with Crippen LogP contribution in [-0.2, 0) is 9.41 Å². The van der Waals surface area contributed by atoms with Crippen molar-refractivity contribution < 1.29 is 19.5 Å². The van der Waals surface area contributed by atoms with Crippen molar-refractivity contribution >= 4 is 69.2 Å². The van der Waals surface area contributed by atoms with Crippen molar-refractivity contribution in [3.05, 3.63) is 237 Å². The van der Waals surface area contributed by atoms with Crippen molar-refractivity contribution in [2.24, 2.45) is 0 Å². The molecule has 0 radical (unpaired) electrons. The second-order valence-corrected chi connectivity index (χ2v) is 16.3. The molecule has 0 fully saturated rings. The summed E-state index contributed by atoms with van der Waals surface area (Å²) in [5, 5.41) is 19.7. The van der Waals surface area contributed by atoms with Crippen molar-refractivity contribution in [3.63, 3.8) is 0 Å². The fourth-order valence-corrected chi connectivity index (χ4v) is 9.04. The predicted octanol–water partition coefficient (Wildman–Crippen LogP) is 12.3. The predicted molar refractivity (Wildman–Crippen MR) is 287 cm³/mol. The summed E-state index contributed by atoms with van der Waals surface area (Å²) in [5.41, 5.74) is 11.5. The number of aromatic nitrogens is 7. The van der Waals surface area contributed by atoms with E-state index in [-0.39, 0.29) is 14.7 Å². The second kappa shape index (κ2) is 21.3. The van der Waals surface area contributed by atoms with Crippen molar-refractivity contribution in [2.45, 2.75) is 0 Å². The minimum Gasteiger partial charge on any atom is -0.309 e. The van der Waals surface area contributed by atoms with E-state index < -0.39 is 0 Å². The molecule has 0 saturated carbocycles. The molecule has 13 heteroatoms. The van der Waals surface area contributed by atoms with Crippen LogP contribution in [0.15, 0.2) is 237 Å². The number of para-hydroxylation sites is 5. The van der Waals surface area contributed by atoms with Gasteiger partial charge in [-0.1, -0.05) is 194 Å². The molecule has 0 bridgehead atoms. The first-order valence-electron chi connectivity index (χ1n) is 23.0. The summed E-state index contributed by atoms with van der Waals surface area (Å²) in [5.74, 6) is 2.66. The fourth-order valence-electron chi connectivity index (χ4n) is 9.04. The molecule has 13 rings (SSSR count). The third kappa shape index (κ3) is 9.25. The summed E-state index contributed by atoms with van der Waals surface area (Å²) in [4.78, 5) is 24.7. The SMILES string of the molecule is O=BO.O=BO.c1ccc(-c2nc(-c3ccccc3)nc(-c3cccc(-n4c5ccccc5c5ccccc54)c3)n2)cc1.c1ccc(-c2nc(-n3c4ccccc4c4ccccc43)nc3ccccc23)cc1. The molecule has 0 spiro atoms. The first-order valence-corrected chi connectivity index (χ1v) is 23.0. The van der Waals surface area contributed by atoms with Gasteiger partial charge in [-0.2, -0.15) is 0 Å². The first-order chi connectivity index (χ1) is 35.6. The van der Waals surface area contributed by atoms with E-state index in [1.807, 2.05) is 91.0 Å². The van der Waals surface area contributed by atoms with E-state index in [1.54, 1.807) is 0 Å². The van der Waals surface area contributed by atoms with Gasteiger partial charge in [0.05, 0.1) is 33.3 Å². The summed E-state index contributed by atoms with van der Waals surface area (Å²) >= 11 is 0. The number of nitrogens with zero attached hydrogens (tertiary/aromatic N) is 7. The van der Waals surface area contributed by atoms with Gasteiger partial charge in [0.25, 0.3) is 0 Å². The third-order valence-electron chi connectivity index (χ3n) is 12.1. The number of benzene rings is 9. The van der Waals surface area contributed by atoms with Crippen LogP contribution in [0.25, 0.3) is 112 Å². The zero-order valence-electron chi connectivity index (χ0n) is 38.5. The van der Waals surface area contributed by atoms with Crippen molar-refractivity contribution in [3.8, 4) is 57.1 Å². The Bertz CT molecular complexity index is 3850. The van der Waals surface area contributed by atoms with Crippen molar-refractivity contribution in [2.75, 3.05) is 0 Å². The Balaban J connectivity index is 0.000000153. The molecule has 0 atom stereocenters. The zero-order valence-corrected chi connectivity index (χ0v) is 38.5. The van der Waals surface area contributed by atoms with Crippen molar-refractivity contribution in [1.29, 1.82) is 0 Å². The Morgan fingerprint density at radius 1 is 0.319 bits per heavy atom. The molecule has 9 aromatic carbocycles. The van der Waals surface area contributed by atoms with Crippen LogP contribution >= 0.6 is 0 Å². The molecule has 2 N–H and O–H groups in total. The first kappa shape index (κ1) is 46.0. The Morgan fingerprint density at radius 2 is 0.667 bits per heavy atom. The third-order valence-corrected chi connectivity index (χ3v) is 12.1. The minimum absolute atomic E-state index is 0.250. The zero-order chi connectivity index (χ0) is 49.2. The Kier molecular flexibility index (Phi) is 13.6. The van der Waals surface area contributed by atoms with Gasteiger partial charge in [0.1, 0.15) is 0 Å². The summed E-state index contributed by atoms with van der Waals surface area (Å²) in [6.45, 7) is 0. The van der Waals surface area contributed by atoms with E-state index in [4.69, 9.17) is 44.4 Å². The van der Waals surface area contributed by atoms with Gasteiger partial charge in [0, 0.05) is 54.9 Å². The van der Waals surface area contributed by atoms with E-state index in [1.165, 1.54) is 32.6 Å². The fraction of sp³-hybridized carbons (Fsp3) is 0. The maximum absolute atomic E-state index is 8.36. The molecule has 342 valence electrons. The summed E-state index contributed by atoms with van der Waals surface area (Å²) in [6, 6.07) is 81.1. The summed E-state index contributed by atoms with van der Waals surface area (Å²) < 4.78 is 21.2. The Hall–Kier alpha value is -9.74. The largest absolute Gasteiger partial charge is 0.309 e. The van der Waals surface area contributed by atoms with E-state index in [2.05, 4.69) is 155 Å². The average Bonchev–Trinajstić information content (AvgIpc) is 3.97. The molecule has 13 aromatic rings. The van der Waals surface area contributed by atoms with Crippen LogP contribution in [0.3, 0.4) is 0 Å². The molecular formula is C59H41B2N7O4.